The SMILES string of the molecule is CN=C(NCCCN1CCCC(C)C1)NCc1cc2c(cc1OC(F)F)OCO2. The second-order valence-electron chi connectivity index (χ2n) is 7.45. The highest BCUT2D eigenvalue weighted by Crippen LogP contribution is 2.38. The number of nitrogens with zero attached hydrogens (tertiary/aromatic N) is 2. The van der Waals surface area contributed by atoms with Crippen molar-refractivity contribution in [2.75, 3.05) is 40.0 Å². The number of nitrogens with one attached hydrogen (secondary N) is 2. The Kier molecular flexibility index (Phi) is 7.74. The van der Waals surface area contributed by atoms with Crippen molar-refractivity contribution < 1.29 is 23.0 Å². The Bertz CT molecular complexity index is 703. The molecule has 2 aliphatic rings. The standard InChI is InChI=1S/C20H30F2N4O3/c1-14-5-3-7-26(12-14)8-4-6-24-20(23-2)25-11-15-9-17-18(28-13-27-17)10-16(15)29-19(21)22/h9-10,14,19H,3-8,11-13H2,1-2H3,(H2,23,24,25). The van der Waals surface area contributed by atoms with Crippen molar-refractivity contribution in [1.29, 1.82) is 0 Å². The third-order valence-corrected chi connectivity index (χ3v) is 5.13. The van der Waals surface area contributed by atoms with E-state index in [-0.39, 0.29) is 19.1 Å². The number of aliphatic imine (C=N–C) groups is 1. The Morgan fingerprint density at radius 1 is 1.31 bits per heavy atom. The number of likely N-dealkylation sites (tertiary alicyclic amines) is 1. The monoisotopic (exact) mass is 412 g/mol. The van der Waals surface area contributed by atoms with Crippen LogP contribution in [0.3, 0.4) is 0 Å². The van der Waals surface area contributed by atoms with Gasteiger partial charge in [-0.1, -0.05) is 6.92 Å². The van der Waals surface area contributed by atoms with Crippen molar-refractivity contribution in [3.05, 3.63) is 17.7 Å². The zero-order chi connectivity index (χ0) is 20.6. The van der Waals surface area contributed by atoms with E-state index in [2.05, 4.69) is 32.2 Å². The van der Waals surface area contributed by atoms with Crippen LogP contribution in [0.5, 0.6) is 17.2 Å². The molecular weight excluding hydrogens is 382 g/mol. The van der Waals surface area contributed by atoms with Gasteiger partial charge in [-0.25, -0.2) is 0 Å². The lowest BCUT2D eigenvalue weighted by atomic mass is 10.0. The zero-order valence-corrected chi connectivity index (χ0v) is 17.0. The van der Waals surface area contributed by atoms with E-state index in [9.17, 15) is 8.78 Å². The Morgan fingerprint density at radius 2 is 2.10 bits per heavy atom. The maximum atomic E-state index is 12.7. The predicted molar refractivity (Wildman–Crippen MR) is 107 cm³/mol. The molecule has 7 nitrogen and oxygen atoms in total. The summed E-state index contributed by atoms with van der Waals surface area (Å²) >= 11 is 0. The third-order valence-electron chi connectivity index (χ3n) is 5.13. The number of ether oxygens (including phenoxy) is 3. The largest absolute Gasteiger partial charge is 0.454 e. The van der Waals surface area contributed by atoms with E-state index in [4.69, 9.17) is 9.47 Å². The average molecular weight is 412 g/mol. The third kappa shape index (κ3) is 6.35. The molecule has 0 spiro atoms. The molecule has 1 aromatic rings. The number of rotatable bonds is 8. The number of benzene rings is 1. The lowest BCUT2D eigenvalue weighted by Gasteiger charge is -2.30. The molecule has 0 radical (unpaired) electrons. The molecule has 2 heterocycles. The van der Waals surface area contributed by atoms with E-state index in [1.807, 2.05) is 0 Å². The van der Waals surface area contributed by atoms with Gasteiger partial charge in [0.15, 0.2) is 17.5 Å². The van der Waals surface area contributed by atoms with Crippen LogP contribution >= 0.6 is 0 Å². The van der Waals surface area contributed by atoms with Crippen LogP contribution in [0.2, 0.25) is 0 Å². The first-order chi connectivity index (χ1) is 14.0. The molecule has 1 saturated heterocycles. The molecule has 0 bridgehead atoms. The molecule has 0 aromatic heterocycles. The van der Waals surface area contributed by atoms with Crippen LogP contribution in [0, 0.1) is 5.92 Å². The van der Waals surface area contributed by atoms with E-state index in [0.29, 0.717) is 23.0 Å². The van der Waals surface area contributed by atoms with Gasteiger partial charge in [0.05, 0.1) is 0 Å². The summed E-state index contributed by atoms with van der Waals surface area (Å²) in [5, 5.41) is 6.41. The molecule has 1 fully saturated rings. The van der Waals surface area contributed by atoms with Crippen LogP contribution < -0.4 is 24.8 Å². The van der Waals surface area contributed by atoms with Crippen molar-refractivity contribution in [1.82, 2.24) is 15.5 Å². The summed E-state index contributed by atoms with van der Waals surface area (Å²) in [5.74, 6) is 2.36. The highest BCUT2D eigenvalue weighted by Gasteiger charge is 2.20. The molecule has 3 rings (SSSR count). The Morgan fingerprint density at radius 3 is 2.83 bits per heavy atom. The van der Waals surface area contributed by atoms with Crippen molar-refractivity contribution in [2.24, 2.45) is 10.9 Å². The molecule has 0 saturated carbocycles. The summed E-state index contributed by atoms with van der Waals surface area (Å²) in [6.45, 7) is 3.91. The molecule has 9 heteroatoms. The first-order valence-electron chi connectivity index (χ1n) is 10.1. The van der Waals surface area contributed by atoms with Crippen LogP contribution in [-0.4, -0.2) is 57.5 Å². The van der Waals surface area contributed by atoms with E-state index < -0.39 is 6.61 Å². The minimum atomic E-state index is -2.91. The fourth-order valence-corrected chi connectivity index (χ4v) is 3.71. The maximum absolute atomic E-state index is 12.7. The number of piperidine rings is 1. The lowest BCUT2D eigenvalue weighted by Crippen LogP contribution is -2.39. The molecule has 162 valence electrons. The molecule has 1 atom stereocenters. The molecule has 29 heavy (non-hydrogen) atoms. The molecule has 0 aliphatic carbocycles. The number of guanidine groups is 1. The van der Waals surface area contributed by atoms with Crippen LogP contribution in [0.25, 0.3) is 0 Å². The van der Waals surface area contributed by atoms with Crippen LogP contribution in [-0.2, 0) is 6.54 Å². The molecule has 1 unspecified atom stereocenters. The van der Waals surface area contributed by atoms with Gasteiger partial charge < -0.3 is 29.7 Å². The molecule has 2 N–H and O–H groups in total. The highest BCUT2D eigenvalue weighted by molar-refractivity contribution is 5.79. The number of halogens is 2. The molecule has 1 aromatic carbocycles. The van der Waals surface area contributed by atoms with Crippen molar-refractivity contribution in [2.45, 2.75) is 39.3 Å². The van der Waals surface area contributed by atoms with Crippen LogP contribution in [0.4, 0.5) is 8.78 Å². The summed E-state index contributed by atoms with van der Waals surface area (Å²) in [5.41, 5.74) is 0.541. The van der Waals surface area contributed by atoms with Gasteiger partial charge in [0.25, 0.3) is 0 Å². The normalized spacial score (nSPS) is 19.5. The Hall–Kier alpha value is -2.29. The topological polar surface area (TPSA) is 67.4 Å². The van der Waals surface area contributed by atoms with E-state index in [0.717, 1.165) is 25.4 Å². The Labute approximate surface area is 170 Å². The second-order valence-corrected chi connectivity index (χ2v) is 7.45. The number of hydrogen-bond donors (Lipinski definition) is 2. The quantitative estimate of drug-likeness (QED) is 0.389. The van der Waals surface area contributed by atoms with Gasteiger partial charge in [0, 0.05) is 38.3 Å². The van der Waals surface area contributed by atoms with Gasteiger partial charge in [-0.2, -0.15) is 8.78 Å². The van der Waals surface area contributed by atoms with Gasteiger partial charge in [-0.05, 0) is 44.3 Å². The fraction of sp³-hybridized carbons (Fsp3) is 0.650. The minimum absolute atomic E-state index is 0.0615. The second kappa shape index (κ2) is 10.5. The van der Waals surface area contributed by atoms with Gasteiger partial charge >= 0.3 is 6.61 Å². The van der Waals surface area contributed by atoms with Gasteiger partial charge in [-0.15, -0.1) is 0 Å². The maximum Gasteiger partial charge on any atom is 0.387 e. The van der Waals surface area contributed by atoms with Gasteiger partial charge in [0.2, 0.25) is 6.79 Å². The van der Waals surface area contributed by atoms with Crippen molar-refractivity contribution >= 4 is 5.96 Å². The first kappa shape index (κ1) is 21.4. The summed E-state index contributed by atoms with van der Waals surface area (Å²) in [6, 6.07) is 3.08. The van der Waals surface area contributed by atoms with Crippen LogP contribution in [0.15, 0.2) is 17.1 Å². The minimum Gasteiger partial charge on any atom is -0.454 e. The average Bonchev–Trinajstić information content (AvgIpc) is 3.14. The van der Waals surface area contributed by atoms with E-state index in [1.54, 1.807) is 13.1 Å². The van der Waals surface area contributed by atoms with Crippen molar-refractivity contribution in [3.63, 3.8) is 0 Å². The summed E-state index contributed by atoms with van der Waals surface area (Å²) < 4.78 is 40.7. The van der Waals surface area contributed by atoms with Crippen LogP contribution in [0.1, 0.15) is 31.7 Å². The van der Waals surface area contributed by atoms with E-state index in [1.165, 1.54) is 32.0 Å². The van der Waals surface area contributed by atoms with Gasteiger partial charge in [0.1, 0.15) is 5.75 Å². The highest BCUT2D eigenvalue weighted by atomic mass is 19.3. The summed E-state index contributed by atoms with van der Waals surface area (Å²) in [4.78, 5) is 6.71. The number of hydrogen-bond acceptors (Lipinski definition) is 5. The van der Waals surface area contributed by atoms with Crippen molar-refractivity contribution in [3.8, 4) is 17.2 Å². The summed E-state index contributed by atoms with van der Waals surface area (Å²) in [6.07, 6.45) is 3.61. The lowest BCUT2D eigenvalue weighted by molar-refractivity contribution is -0.0505. The number of alkyl halides is 2. The summed E-state index contributed by atoms with van der Waals surface area (Å²) in [7, 11) is 1.68. The first-order valence-corrected chi connectivity index (χ1v) is 10.1. The van der Waals surface area contributed by atoms with E-state index >= 15 is 0 Å². The molecule has 0 amide bonds. The van der Waals surface area contributed by atoms with Gasteiger partial charge in [-0.3, -0.25) is 4.99 Å². The predicted octanol–water partition coefficient (Wildman–Crippen LogP) is 2.80. The molecular formula is C20H30F2N4O3. The Balaban J connectivity index is 1.47. The zero-order valence-electron chi connectivity index (χ0n) is 17.0. The fourth-order valence-electron chi connectivity index (χ4n) is 3.71. The number of fused-ring (bicyclic) bond motifs is 1. The smallest absolute Gasteiger partial charge is 0.387 e. The molecule has 2 aliphatic heterocycles.